The lowest BCUT2D eigenvalue weighted by Gasteiger charge is -2.19. The molecule has 0 N–H and O–H groups in total. The molecule has 1 atom stereocenters. The number of likely N-dealkylation sites (tertiary alicyclic amines) is 1. The molecule has 5 heteroatoms. The van der Waals surface area contributed by atoms with Gasteiger partial charge in [0.1, 0.15) is 11.9 Å². The van der Waals surface area contributed by atoms with Crippen molar-refractivity contribution >= 4 is 34.3 Å². The van der Waals surface area contributed by atoms with Gasteiger partial charge in [-0.15, -0.1) is 0 Å². The number of hydrogen-bond acceptors (Lipinski definition) is 2. The van der Waals surface area contributed by atoms with Crippen LogP contribution in [-0.2, 0) is 6.42 Å². The molecule has 1 fully saturated rings. The minimum atomic E-state index is -0.258. The van der Waals surface area contributed by atoms with E-state index >= 15 is 0 Å². The van der Waals surface area contributed by atoms with Crippen molar-refractivity contribution in [3.05, 3.63) is 99.0 Å². The summed E-state index contributed by atoms with van der Waals surface area (Å²) in [6, 6.07) is 22.9. The summed E-state index contributed by atoms with van der Waals surface area (Å²) in [5.74, 6) is 0.875. The lowest BCUT2D eigenvalue weighted by atomic mass is 9.88. The van der Waals surface area contributed by atoms with Crippen LogP contribution in [0.3, 0.4) is 0 Å². The van der Waals surface area contributed by atoms with Gasteiger partial charge >= 0.3 is 0 Å². The molecule has 35 heavy (non-hydrogen) atoms. The van der Waals surface area contributed by atoms with Crippen molar-refractivity contribution in [2.45, 2.75) is 38.2 Å². The second kappa shape index (κ2) is 11.2. The number of ether oxygens (including phenoxy) is 1. The lowest BCUT2D eigenvalue weighted by molar-refractivity contribution is 0.198. The molecule has 1 aliphatic carbocycles. The van der Waals surface area contributed by atoms with Gasteiger partial charge in [-0.2, -0.15) is 0 Å². The maximum atomic E-state index is 12.5. The van der Waals surface area contributed by atoms with Crippen LogP contribution in [0.4, 0.5) is 4.39 Å². The Morgan fingerprint density at radius 3 is 2.57 bits per heavy atom. The number of benzene rings is 3. The first kappa shape index (κ1) is 24.4. The molecule has 1 saturated heterocycles. The average molecular weight is 510 g/mol. The first-order valence-electron chi connectivity index (χ1n) is 12.4. The Bertz CT molecular complexity index is 1210. The van der Waals surface area contributed by atoms with Crippen LogP contribution in [0.25, 0.3) is 11.1 Å². The highest BCUT2D eigenvalue weighted by Crippen LogP contribution is 2.42. The van der Waals surface area contributed by atoms with Crippen molar-refractivity contribution in [3.63, 3.8) is 0 Å². The zero-order chi connectivity index (χ0) is 24.2. The summed E-state index contributed by atoms with van der Waals surface area (Å²) >= 11 is 12.9. The maximum absolute atomic E-state index is 12.5. The van der Waals surface area contributed by atoms with E-state index in [2.05, 4.69) is 53.4 Å². The first-order valence-corrected chi connectivity index (χ1v) is 13.2. The number of allylic oxidation sites excluding steroid dienone is 1. The third-order valence-corrected chi connectivity index (χ3v) is 7.55. The van der Waals surface area contributed by atoms with Crippen LogP contribution >= 0.6 is 23.2 Å². The summed E-state index contributed by atoms with van der Waals surface area (Å²) in [5, 5.41) is 1.33. The Morgan fingerprint density at radius 2 is 1.77 bits per heavy atom. The molecule has 0 radical (unpaired) electrons. The van der Waals surface area contributed by atoms with Crippen molar-refractivity contribution < 1.29 is 9.13 Å². The quantitative estimate of drug-likeness (QED) is 0.318. The molecule has 1 heterocycles. The van der Waals surface area contributed by atoms with E-state index < -0.39 is 0 Å². The van der Waals surface area contributed by atoms with Crippen LogP contribution in [-0.4, -0.2) is 37.3 Å². The Kier molecular flexibility index (Phi) is 7.77. The van der Waals surface area contributed by atoms with Crippen LogP contribution < -0.4 is 4.74 Å². The predicted molar refractivity (Wildman–Crippen MR) is 144 cm³/mol. The van der Waals surface area contributed by atoms with Gasteiger partial charge in [0, 0.05) is 29.7 Å². The largest absolute Gasteiger partial charge is 0.489 e. The third kappa shape index (κ3) is 5.58. The predicted octanol–water partition coefficient (Wildman–Crippen LogP) is 8.10. The number of halogens is 3. The van der Waals surface area contributed by atoms with E-state index in [1.54, 1.807) is 0 Å². The zero-order valence-corrected chi connectivity index (χ0v) is 21.3. The molecule has 2 aliphatic rings. The van der Waals surface area contributed by atoms with E-state index in [-0.39, 0.29) is 12.8 Å². The Labute approximate surface area is 217 Å². The van der Waals surface area contributed by atoms with Gasteiger partial charge in [0.25, 0.3) is 0 Å². The van der Waals surface area contributed by atoms with Gasteiger partial charge in [-0.1, -0.05) is 65.7 Å². The molecule has 0 aromatic heterocycles. The van der Waals surface area contributed by atoms with Crippen LogP contribution in [0.1, 0.15) is 47.9 Å². The van der Waals surface area contributed by atoms with Crippen LogP contribution in [0.2, 0.25) is 10.0 Å². The molecule has 5 rings (SSSR count). The van der Waals surface area contributed by atoms with Crippen molar-refractivity contribution in [2.75, 3.05) is 26.3 Å². The highest BCUT2D eigenvalue weighted by Gasteiger charge is 2.24. The van der Waals surface area contributed by atoms with E-state index in [1.165, 1.54) is 22.3 Å². The van der Waals surface area contributed by atoms with Crippen LogP contribution in [0.5, 0.6) is 5.75 Å². The van der Waals surface area contributed by atoms with Gasteiger partial charge in [0.05, 0.1) is 6.67 Å². The summed E-state index contributed by atoms with van der Waals surface area (Å²) < 4.78 is 18.8. The summed E-state index contributed by atoms with van der Waals surface area (Å²) in [6.45, 7) is 2.38. The normalized spacial score (nSPS) is 18.4. The second-order valence-electron chi connectivity index (χ2n) is 9.38. The van der Waals surface area contributed by atoms with E-state index in [9.17, 15) is 4.39 Å². The molecule has 0 unspecified atom stereocenters. The summed E-state index contributed by atoms with van der Waals surface area (Å²) in [7, 11) is 0. The van der Waals surface area contributed by atoms with Crippen molar-refractivity contribution in [2.24, 2.45) is 0 Å². The van der Waals surface area contributed by atoms with Gasteiger partial charge in [0.15, 0.2) is 0 Å². The molecule has 182 valence electrons. The SMILES string of the molecule is FCCCN1CC[C@H](Oc2ccc(C3=C(c4ccc(Cl)cc4Cl)CCCc4ccccc43)cc2)C1. The fraction of sp³-hybridized carbons (Fsp3) is 0.333. The number of alkyl halides is 1. The standard InChI is InChI=1S/C30H30Cl2FNO/c31-23-11-14-27(29(32)19-23)28-8-3-6-21-5-1-2-7-26(21)30(28)22-9-12-24(13-10-22)35-25-15-18-34(20-25)17-4-16-33/h1-2,5,7,9-14,19,25H,3-4,6,8,15-18,20H2/t25-/m0/s1. The summed E-state index contributed by atoms with van der Waals surface area (Å²) in [5.41, 5.74) is 7.31. The second-order valence-corrected chi connectivity index (χ2v) is 10.2. The highest BCUT2D eigenvalue weighted by molar-refractivity contribution is 6.36. The molecule has 1 aliphatic heterocycles. The lowest BCUT2D eigenvalue weighted by Crippen LogP contribution is -2.26. The monoisotopic (exact) mass is 509 g/mol. The van der Waals surface area contributed by atoms with Crippen molar-refractivity contribution in [1.29, 1.82) is 0 Å². The Morgan fingerprint density at radius 1 is 0.943 bits per heavy atom. The Hall–Kier alpha value is -2.33. The molecule has 0 spiro atoms. The highest BCUT2D eigenvalue weighted by atomic mass is 35.5. The summed E-state index contributed by atoms with van der Waals surface area (Å²) in [6.07, 6.45) is 4.78. The average Bonchev–Trinajstić information content (AvgIpc) is 3.22. The third-order valence-electron chi connectivity index (χ3n) is 7.00. The fourth-order valence-electron chi connectivity index (χ4n) is 5.33. The number of hydrogen-bond donors (Lipinski definition) is 0. The smallest absolute Gasteiger partial charge is 0.119 e. The molecular weight excluding hydrogens is 480 g/mol. The van der Waals surface area contributed by atoms with Crippen LogP contribution in [0.15, 0.2) is 66.7 Å². The minimum absolute atomic E-state index is 0.154. The number of rotatable bonds is 7. The molecule has 0 bridgehead atoms. The van der Waals surface area contributed by atoms with E-state index in [4.69, 9.17) is 27.9 Å². The van der Waals surface area contributed by atoms with Gasteiger partial charge < -0.3 is 4.74 Å². The topological polar surface area (TPSA) is 12.5 Å². The maximum Gasteiger partial charge on any atom is 0.119 e. The molecule has 2 nitrogen and oxygen atoms in total. The minimum Gasteiger partial charge on any atom is -0.489 e. The van der Waals surface area contributed by atoms with Crippen molar-refractivity contribution in [3.8, 4) is 5.75 Å². The van der Waals surface area contributed by atoms with Gasteiger partial charge in [-0.25, -0.2) is 0 Å². The number of nitrogens with zero attached hydrogens (tertiary/aromatic N) is 1. The Balaban J connectivity index is 1.47. The molecule has 3 aromatic rings. The van der Waals surface area contributed by atoms with E-state index in [0.717, 1.165) is 62.2 Å². The van der Waals surface area contributed by atoms with Gasteiger partial charge in [0.2, 0.25) is 0 Å². The first-order chi connectivity index (χ1) is 17.1. The number of aryl methyl sites for hydroxylation is 1. The summed E-state index contributed by atoms with van der Waals surface area (Å²) in [4.78, 5) is 2.29. The zero-order valence-electron chi connectivity index (χ0n) is 19.8. The molecule has 0 amide bonds. The fourth-order valence-corrected chi connectivity index (χ4v) is 5.85. The van der Waals surface area contributed by atoms with E-state index in [1.807, 2.05) is 18.2 Å². The molecular formula is C30H30Cl2FNO. The molecule has 3 aromatic carbocycles. The van der Waals surface area contributed by atoms with E-state index in [0.29, 0.717) is 16.5 Å². The molecule has 0 saturated carbocycles. The van der Waals surface area contributed by atoms with Crippen LogP contribution in [0, 0.1) is 0 Å². The van der Waals surface area contributed by atoms with Gasteiger partial charge in [-0.3, -0.25) is 9.29 Å². The number of fused-ring (bicyclic) bond motifs is 1. The van der Waals surface area contributed by atoms with Crippen molar-refractivity contribution in [1.82, 2.24) is 4.90 Å². The van der Waals surface area contributed by atoms with Gasteiger partial charge in [-0.05, 0) is 89.8 Å².